The molecule has 5 heterocycles. The molecule has 1 fully saturated rings. The van der Waals surface area contributed by atoms with E-state index in [2.05, 4.69) is 41.1 Å². The van der Waals surface area contributed by atoms with E-state index in [9.17, 15) is 0 Å². The highest BCUT2D eigenvalue weighted by molar-refractivity contribution is 6.30. The number of halogens is 2. The number of hydrogen-bond donors (Lipinski definition) is 0. The lowest BCUT2D eigenvalue weighted by molar-refractivity contribution is 0.308. The lowest BCUT2D eigenvalue weighted by Gasteiger charge is -2.34. The second-order valence-electron chi connectivity index (χ2n) is 12.1. The van der Waals surface area contributed by atoms with E-state index in [1.54, 1.807) is 9.03 Å². The first-order chi connectivity index (χ1) is 24.5. The highest BCUT2D eigenvalue weighted by atomic mass is 35.5. The van der Waals surface area contributed by atoms with Gasteiger partial charge in [0.25, 0.3) is 11.9 Å². The Labute approximate surface area is 298 Å². The molecular formula is C37H33Cl2N9O2. The predicted molar refractivity (Wildman–Crippen MR) is 195 cm³/mol. The van der Waals surface area contributed by atoms with Crippen LogP contribution in [-0.4, -0.2) is 67.3 Å². The summed E-state index contributed by atoms with van der Waals surface area (Å²) in [4.78, 5) is 16.5. The van der Waals surface area contributed by atoms with E-state index < -0.39 is 0 Å². The minimum absolute atomic E-state index is 0.325. The molecule has 8 rings (SSSR count). The van der Waals surface area contributed by atoms with Crippen LogP contribution in [-0.2, 0) is 13.2 Å². The van der Waals surface area contributed by atoms with Gasteiger partial charge in [0.2, 0.25) is 0 Å². The van der Waals surface area contributed by atoms with Crippen LogP contribution in [0.1, 0.15) is 11.1 Å². The number of fused-ring (bicyclic) bond motifs is 2. The Morgan fingerprint density at radius 2 is 1.16 bits per heavy atom. The average Bonchev–Trinajstić information content (AvgIpc) is 3.76. The first kappa shape index (κ1) is 31.9. The van der Waals surface area contributed by atoms with Gasteiger partial charge in [-0.2, -0.15) is 9.97 Å². The molecule has 1 aliphatic rings. The molecule has 3 aromatic carbocycles. The van der Waals surface area contributed by atoms with E-state index >= 15 is 0 Å². The summed E-state index contributed by atoms with van der Waals surface area (Å²) < 4.78 is 15.8. The molecule has 0 spiro atoms. The van der Waals surface area contributed by atoms with E-state index in [-0.39, 0.29) is 0 Å². The topological polar surface area (TPSA) is 88.6 Å². The Morgan fingerprint density at radius 3 is 1.66 bits per heavy atom. The minimum atomic E-state index is 0.325. The molecule has 0 saturated carbocycles. The largest absolute Gasteiger partial charge is 0.485 e. The van der Waals surface area contributed by atoms with E-state index in [4.69, 9.17) is 52.8 Å². The van der Waals surface area contributed by atoms with Crippen LogP contribution in [0.3, 0.4) is 0 Å². The molecule has 0 N–H and O–H groups in total. The van der Waals surface area contributed by atoms with Gasteiger partial charge in [-0.15, -0.1) is 10.2 Å². The number of ether oxygens (including phenoxy) is 2. The number of hydrogen-bond acceptors (Lipinski definition) is 9. The molecule has 0 atom stereocenters. The van der Waals surface area contributed by atoms with Gasteiger partial charge in [-0.1, -0.05) is 47.5 Å². The summed E-state index contributed by atoms with van der Waals surface area (Å²) in [6.07, 6.45) is 3.68. The SMILES string of the molecule is CN1CCN(c2ccc(N(c3nc4c(OCc5cccc(Cl)c5)cccn4n3)c3nc4c(OCc5cccc(Cl)c5)cccn4n3)cc2)CC1. The highest BCUT2D eigenvalue weighted by Crippen LogP contribution is 2.34. The van der Waals surface area contributed by atoms with E-state index in [1.807, 2.05) is 90.1 Å². The van der Waals surface area contributed by atoms with Crippen molar-refractivity contribution in [2.75, 3.05) is 43.0 Å². The molecule has 0 amide bonds. The molecule has 50 heavy (non-hydrogen) atoms. The summed E-state index contributed by atoms with van der Waals surface area (Å²) in [5, 5.41) is 11.1. The van der Waals surface area contributed by atoms with E-state index in [0.29, 0.717) is 57.9 Å². The van der Waals surface area contributed by atoms with Crippen LogP contribution >= 0.6 is 23.2 Å². The van der Waals surface area contributed by atoms with Crippen molar-refractivity contribution in [3.05, 3.63) is 131 Å². The van der Waals surface area contributed by atoms with Gasteiger partial charge in [-0.05, 0) is 91.0 Å². The van der Waals surface area contributed by atoms with Gasteiger partial charge in [-0.3, -0.25) is 0 Å². The number of rotatable bonds is 10. The summed E-state index contributed by atoms with van der Waals surface area (Å²) in [6.45, 7) is 4.63. The Morgan fingerprint density at radius 1 is 0.640 bits per heavy atom. The lowest BCUT2D eigenvalue weighted by Crippen LogP contribution is -2.44. The van der Waals surface area contributed by atoms with Crippen LogP contribution in [0.25, 0.3) is 11.3 Å². The van der Waals surface area contributed by atoms with Gasteiger partial charge in [0.05, 0.1) is 5.69 Å². The number of aromatic nitrogens is 6. The van der Waals surface area contributed by atoms with Crippen molar-refractivity contribution in [1.82, 2.24) is 34.1 Å². The number of piperazine rings is 1. The van der Waals surface area contributed by atoms with E-state index in [0.717, 1.165) is 48.7 Å². The molecule has 0 aliphatic carbocycles. The fraction of sp³-hybridized carbons (Fsp3) is 0.189. The number of likely N-dealkylation sites (N-methyl/N-ethyl adjacent to an activating group) is 1. The number of benzene rings is 3. The van der Waals surface area contributed by atoms with Crippen LogP contribution in [0.15, 0.2) is 109 Å². The van der Waals surface area contributed by atoms with Gasteiger partial charge in [0.15, 0.2) is 22.8 Å². The Bertz CT molecular complexity index is 2140. The van der Waals surface area contributed by atoms with Gasteiger partial charge >= 0.3 is 0 Å². The van der Waals surface area contributed by atoms with Crippen molar-refractivity contribution in [2.24, 2.45) is 0 Å². The molecule has 4 aromatic heterocycles. The van der Waals surface area contributed by atoms with Crippen LogP contribution in [0, 0.1) is 0 Å². The van der Waals surface area contributed by atoms with Crippen molar-refractivity contribution >= 4 is 57.8 Å². The summed E-state index contributed by atoms with van der Waals surface area (Å²) in [7, 11) is 2.16. The standard InChI is InChI=1S/C37H33Cl2N9O2/c1-44-18-20-45(21-19-44)30-12-14-31(15-13-30)48(36-40-34-32(10-4-16-46(34)42-36)49-24-26-6-2-8-28(38)22-26)37-41-35-33(11-5-17-47(35)43-37)50-25-27-7-3-9-29(39)23-27/h2-17,22-23H,18-21,24-25H2,1H3. The lowest BCUT2D eigenvalue weighted by atomic mass is 10.2. The second-order valence-corrected chi connectivity index (χ2v) is 13.0. The molecule has 11 nitrogen and oxygen atoms in total. The first-order valence-corrected chi connectivity index (χ1v) is 17.0. The zero-order valence-corrected chi connectivity index (χ0v) is 28.7. The maximum Gasteiger partial charge on any atom is 0.257 e. The number of pyridine rings is 2. The Balaban J connectivity index is 1.16. The summed E-state index contributed by atoms with van der Waals surface area (Å²) in [5.74, 6) is 1.93. The second kappa shape index (κ2) is 13.9. The van der Waals surface area contributed by atoms with Crippen LogP contribution in [0.4, 0.5) is 23.3 Å². The molecule has 1 saturated heterocycles. The highest BCUT2D eigenvalue weighted by Gasteiger charge is 2.25. The first-order valence-electron chi connectivity index (χ1n) is 16.3. The summed E-state index contributed by atoms with van der Waals surface area (Å²) in [6, 6.07) is 31.0. The molecule has 7 aromatic rings. The number of nitrogens with zero attached hydrogens (tertiary/aromatic N) is 9. The average molecular weight is 707 g/mol. The van der Waals surface area contributed by atoms with Gasteiger partial charge in [0, 0.05) is 54.3 Å². The van der Waals surface area contributed by atoms with Gasteiger partial charge in [-0.25, -0.2) is 13.9 Å². The fourth-order valence-corrected chi connectivity index (χ4v) is 6.35. The molecule has 1 aliphatic heterocycles. The monoisotopic (exact) mass is 705 g/mol. The van der Waals surface area contributed by atoms with Crippen LogP contribution < -0.4 is 19.3 Å². The van der Waals surface area contributed by atoms with Crippen molar-refractivity contribution in [1.29, 1.82) is 0 Å². The zero-order chi connectivity index (χ0) is 34.0. The number of anilines is 4. The third kappa shape index (κ3) is 6.75. The Kier molecular flexibility index (Phi) is 8.84. The minimum Gasteiger partial charge on any atom is -0.485 e. The molecule has 0 bridgehead atoms. The van der Waals surface area contributed by atoms with E-state index in [1.165, 1.54) is 0 Å². The molecule has 0 radical (unpaired) electrons. The predicted octanol–water partition coefficient (Wildman–Crippen LogP) is 7.46. The molecule has 252 valence electrons. The quantitative estimate of drug-likeness (QED) is 0.144. The van der Waals surface area contributed by atoms with Crippen molar-refractivity contribution in [3.8, 4) is 11.5 Å². The maximum absolute atomic E-state index is 6.22. The third-order valence-electron chi connectivity index (χ3n) is 8.57. The van der Waals surface area contributed by atoms with Crippen LogP contribution in [0.5, 0.6) is 11.5 Å². The van der Waals surface area contributed by atoms with Gasteiger partial charge in [0.1, 0.15) is 13.2 Å². The third-order valence-corrected chi connectivity index (χ3v) is 9.04. The zero-order valence-electron chi connectivity index (χ0n) is 27.2. The van der Waals surface area contributed by atoms with Crippen molar-refractivity contribution in [3.63, 3.8) is 0 Å². The molecule has 13 heteroatoms. The summed E-state index contributed by atoms with van der Waals surface area (Å²) in [5.41, 5.74) is 4.96. The normalized spacial score (nSPS) is 13.6. The van der Waals surface area contributed by atoms with Gasteiger partial charge < -0.3 is 19.3 Å². The Hall–Kier alpha value is -5.36. The van der Waals surface area contributed by atoms with Crippen LogP contribution in [0.2, 0.25) is 10.0 Å². The fourth-order valence-electron chi connectivity index (χ4n) is 5.93. The van der Waals surface area contributed by atoms with Crippen molar-refractivity contribution < 1.29 is 9.47 Å². The molecule has 0 unspecified atom stereocenters. The summed E-state index contributed by atoms with van der Waals surface area (Å²) >= 11 is 12.4. The molecular weight excluding hydrogens is 673 g/mol. The smallest absolute Gasteiger partial charge is 0.257 e. The van der Waals surface area contributed by atoms with Crippen molar-refractivity contribution in [2.45, 2.75) is 13.2 Å². The maximum atomic E-state index is 6.22.